The number of carbonyl (C=O) groups excluding carboxylic acids is 1. The van der Waals surface area contributed by atoms with E-state index in [9.17, 15) is 4.79 Å². The van der Waals surface area contributed by atoms with Crippen LogP contribution in [0.25, 0.3) is 0 Å². The minimum Gasteiger partial charge on any atom is -0.330 e. The van der Waals surface area contributed by atoms with Crippen LogP contribution < -0.4 is 11.1 Å². The molecule has 0 saturated heterocycles. The molecule has 0 saturated carbocycles. The summed E-state index contributed by atoms with van der Waals surface area (Å²) in [6, 6.07) is 8.08. The molecule has 112 valence electrons. The molecule has 3 N–H and O–H groups in total. The molecule has 0 aliphatic rings. The van der Waals surface area contributed by atoms with Crippen molar-refractivity contribution >= 4 is 11.6 Å². The number of amides is 1. The summed E-state index contributed by atoms with van der Waals surface area (Å²) in [5.41, 5.74) is 7.87. The van der Waals surface area contributed by atoms with E-state index in [0.29, 0.717) is 18.9 Å². The van der Waals surface area contributed by atoms with Gasteiger partial charge in [0.1, 0.15) is 0 Å². The summed E-state index contributed by atoms with van der Waals surface area (Å²) in [6.07, 6.45) is 2.35. The van der Waals surface area contributed by atoms with Gasteiger partial charge in [-0.15, -0.1) is 0 Å². The van der Waals surface area contributed by atoms with E-state index in [1.807, 2.05) is 12.1 Å². The van der Waals surface area contributed by atoms with Gasteiger partial charge in [0, 0.05) is 12.1 Å². The molecular formula is C17H28N2O. The molecule has 0 unspecified atom stereocenters. The van der Waals surface area contributed by atoms with Crippen molar-refractivity contribution in [2.24, 2.45) is 11.1 Å². The number of rotatable bonds is 7. The van der Waals surface area contributed by atoms with Crippen molar-refractivity contribution in [3.8, 4) is 0 Å². The van der Waals surface area contributed by atoms with E-state index in [1.54, 1.807) is 0 Å². The van der Waals surface area contributed by atoms with Gasteiger partial charge >= 0.3 is 0 Å². The summed E-state index contributed by atoms with van der Waals surface area (Å²) < 4.78 is 0. The minimum atomic E-state index is 0.0763. The second-order valence-corrected chi connectivity index (χ2v) is 6.53. The number of nitrogens with one attached hydrogen (secondary N) is 1. The van der Waals surface area contributed by atoms with Crippen molar-refractivity contribution in [3.05, 3.63) is 29.8 Å². The lowest BCUT2D eigenvalue weighted by Crippen LogP contribution is -2.20. The molecule has 0 aliphatic carbocycles. The van der Waals surface area contributed by atoms with E-state index >= 15 is 0 Å². The first-order valence-electron chi connectivity index (χ1n) is 7.44. The van der Waals surface area contributed by atoms with E-state index in [1.165, 1.54) is 5.56 Å². The molecule has 0 aliphatic heterocycles. The highest BCUT2D eigenvalue weighted by molar-refractivity contribution is 5.90. The molecule has 0 atom stereocenters. The van der Waals surface area contributed by atoms with Crippen molar-refractivity contribution < 1.29 is 4.79 Å². The summed E-state index contributed by atoms with van der Waals surface area (Å²) in [7, 11) is 0. The lowest BCUT2D eigenvalue weighted by Gasteiger charge is -2.23. The van der Waals surface area contributed by atoms with E-state index < -0.39 is 0 Å². The fraction of sp³-hybridized carbons (Fsp3) is 0.588. The van der Waals surface area contributed by atoms with Gasteiger partial charge in [0.25, 0.3) is 0 Å². The Morgan fingerprint density at radius 2 is 1.80 bits per heavy atom. The molecule has 0 heterocycles. The number of anilines is 1. The van der Waals surface area contributed by atoms with Crippen LogP contribution >= 0.6 is 0 Å². The fourth-order valence-corrected chi connectivity index (χ4v) is 2.14. The van der Waals surface area contributed by atoms with Crippen LogP contribution in [-0.2, 0) is 4.79 Å². The topological polar surface area (TPSA) is 55.1 Å². The Balaban J connectivity index is 2.46. The van der Waals surface area contributed by atoms with Crippen LogP contribution in [0.4, 0.5) is 5.69 Å². The monoisotopic (exact) mass is 276 g/mol. The second-order valence-electron chi connectivity index (χ2n) is 6.53. The van der Waals surface area contributed by atoms with Gasteiger partial charge < -0.3 is 11.1 Å². The van der Waals surface area contributed by atoms with Gasteiger partial charge in [-0.2, -0.15) is 0 Å². The van der Waals surface area contributed by atoms with Crippen LogP contribution in [0.5, 0.6) is 0 Å². The molecule has 0 fully saturated rings. The van der Waals surface area contributed by atoms with E-state index in [2.05, 4.69) is 45.1 Å². The van der Waals surface area contributed by atoms with Gasteiger partial charge in [-0.3, -0.25) is 4.79 Å². The third kappa shape index (κ3) is 5.74. The zero-order valence-electron chi connectivity index (χ0n) is 13.2. The largest absolute Gasteiger partial charge is 0.330 e. The van der Waals surface area contributed by atoms with Crippen molar-refractivity contribution in [2.45, 2.75) is 52.9 Å². The van der Waals surface area contributed by atoms with Gasteiger partial charge in [0.15, 0.2) is 0 Å². The van der Waals surface area contributed by atoms with Crippen LogP contribution in [0.15, 0.2) is 24.3 Å². The Hall–Kier alpha value is -1.35. The first-order valence-corrected chi connectivity index (χ1v) is 7.44. The first kappa shape index (κ1) is 16.7. The van der Waals surface area contributed by atoms with Gasteiger partial charge in [0.05, 0.1) is 0 Å². The predicted octanol–water partition coefficient (Wildman–Crippen LogP) is 3.90. The van der Waals surface area contributed by atoms with Crippen LogP contribution in [-0.4, -0.2) is 12.5 Å². The van der Waals surface area contributed by atoms with Crippen molar-refractivity contribution in [1.29, 1.82) is 0 Å². The summed E-state index contributed by atoms with van der Waals surface area (Å²) in [4.78, 5) is 11.9. The van der Waals surface area contributed by atoms with Gasteiger partial charge in [-0.1, -0.05) is 39.8 Å². The zero-order chi connectivity index (χ0) is 15.2. The maximum absolute atomic E-state index is 11.9. The highest BCUT2D eigenvalue weighted by Gasteiger charge is 2.18. The summed E-state index contributed by atoms with van der Waals surface area (Å²) in [6.45, 7) is 9.31. The second kappa shape index (κ2) is 7.44. The Bertz CT molecular complexity index is 421. The maximum Gasteiger partial charge on any atom is 0.224 e. The lowest BCUT2D eigenvalue weighted by molar-refractivity contribution is -0.116. The van der Waals surface area contributed by atoms with Gasteiger partial charge in [0.2, 0.25) is 5.91 Å². The molecule has 0 radical (unpaired) electrons. The molecule has 3 nitrogen and oxygen atoms in total. The molecule has 1 aromatic carbocycles. The molecule has 3 heteroatoms. The highest BCUT2D eigenvalue weighted by atomic mass is 16.1. The average Bonchev–Trinajstić information content (AvgIpc) is 2.37. The average molecular weight is 276 g/mol. The molecule has 20 heavy (non-hydrogen) atoms. The minimum absolute atomic E-state index is 0.0763. The summed E-state index contributed by atoms with van der Waals surface area (Å²) in [5, 5.41) is 2.95. The maximum atomic E-state index is 11.9. The predicted molar refractivity (Wildman–Crippen MR) is 85.8 cm³/mol. The molecule has 1 aromatic rings. The number of hydrogen-bond acceptors (Lipinski definition) is 2. The number of nitrogens with two attached hydrogens (primary N) is 1. The standard InChI is InChI=1S/C17H28N2O/c1-13(2)14-5-7-15(8-6-14)19-16(20)9-10-17(3,4)11-12-18/h5-8,13H,9-12,18H2,1-4H3,(H,19,20). The van der Waals surface area contributed by atoms with E-state index in [4.69, 9.17) is 5.73 Å². The Morgan fingerprint density at radius 1 is 1.20 bits per heavy atom. The Labute approximate surface area is 122 Å². The third-order valence-electron chi connectivity index (χ3n) is 3.71. The SMILES string of the molecule is CC(C)c1ccc(NC(=O)CCC(C)(C)CCN)cc1. The normalized spacial score (nSPS) is 11.7. The van der Waals surface area contributed by atoms with E-state index in [-0.39, 0.29) is 11.3 Å². The van der Waals surface area contributed by atoms with Crippen molar-refractivity contribution in [1.82, 2.24) is 0 Å². The fourth-order valence-electron chi connectivity index (χ4n) is 2.14. The van der Waals surface area contributed by atoms with E-state index in [0.717, 1.165) is 18.5 Å². The smallest absolute Gasteiger partial charge is 0.224 e. The van der Waals surface area contributed by atoms with Crippen LogP contribution in [0.2, 0.25) is 0 Å². The molecular weight excluding hydrogens is 248 g/mol. The summed E-state index contributed by atoms with van der Waals surface area (Å²) >= 11 is 0. The quantitative estimate of drug-likeness (QED) is 0.793. The zero-order valence-corrected chi connectivity index (χ0v) is 13.2. The van der Waals surface area contributed by atoms with Gasteiger partial charge in [-0.05, 0) is 48.4 Å². The first-order chi connectivity index (χ1) is 9.34. The molecule has 1 rings (SSSR count). The number of benzene rings is 1. The molecule has 0 aromatic heterocycles. The molecule has 0 spiro atoms. The van der Waals surface area contributed by atoms with Crippen molar-refractivity contribution in [2.75, 3.05) is 11.9 Å². The summed E-state index contributed by atoms with van der Waals surface area (Å²) in [5.74, 6) is 0.587. The molecule has 1 amide bonds. The highest BCUT2D eigenvalue weighted by Crippen LogP contribution is 2.26. The van der Waals surface area contributed by atoms with Crippen molar-refractivity contribution in [3.63, 3.8) is 0 Å². The van der Waals surface area contributed by atoms with Gasteiger partial charge in [-0.25, -0.2) is 0 Å². The number of carbonyl (C=O) groups is 1. The Morgan fingerprint density at radius 3 is 2.30 bits per heavy atom. The Kier molecular flexibility index (Phi) is 6.21. The van der Waals surface area contributed by atoms with Crippen LogP contribution in [0.1, 0.15) is 58.4 Å². The molecule has 0 bridgehead atoms. The van der Waals surface area contributed by atoms with Crippen LogP contribution in [0.3, 0.4) is 0 Å². The number of hydrogen-bond donors (Lipinski definition) is 2. The van der Waals surface area contributed by atoms with Crippen LogP contribution in [0, 0.1) is 5.41 Å². The lowest BCUT2D eigenvalue weighted by atomic mass is 9.84. The third-order valence-corrected chi connectivity index (χ3v) is 3.71.